The van der Waals surface area contributed by atoms with E-state index in [0.717, 1.165) is 18.2 Å². The third-order valence-corrected chi connectivity index (χ3v) is 6.09. The molecular weight excluding hydrogens is 472 g/mol. The summed E-state index contributed by atoms with van der Waals surface area (Å²) in [5.41, 5.74) is -0.817. The Balaban J connectivity index is 1.97. The molecule has 12 heteroatoms. The van der Waals surface area contributed by atoms with E-state index in [1.807, 2.05) is 0 Å². The minimum absolute atomic E-state index is 0.0473. The van der Waals surface area contributed by atoms with Gasteiger partial charge in [-0.3, -0.25) is 0 Å². The number of oxime groups is 1. The van der Waals surface area contributed by atoms with E-state index in [1.54, 1.807) is 0 Å². The van der Waals surface area contributed by atoms with Crippen LogP contribution < -0.4 is 0 Å². The summed E-state index contributed by atoms with van der Waals surface area (Å²) in [6, 6.07) is 10.1. The molecule has 0 N–H and O–H groups in total. The van der Waals surface area contributed by atoms with Crippen LogP contribution in [0.25, 0.3) is 11.3 Å². The number of rotatable bonds is 4. The van der Waals surface area contributed by atoms with Gasteiger partial charge in [-0.05, 0) is 43.3 Å². The second kappa shape index (κ2) is 8.85. The summed E-state index contributed by atoms with van der Waals surface area (Å²) in [7, 11) is -4.39. The average Bonchev–Trinajstić information content (AvgIpc) is 3.09. The van der Waals surface area contributed by atoms with Gasteiger partial charge in [-0.2, -0.15) is 5.26 Å². The lowest BCUT2D eigenvalue weighted by molar-refractivity contribution is 0.0517. The summed E-state index contributed by atoms with van der Waals surface area (Å²) in [4.78, 5) is 16.9. The van der Waals surface area contributed by atoms with E-state index >= 15 is 0 Å². The number of aryl methyl sites for hydroxylation is 1. The fourth-order valence-electron chi connectivity index (χ4n) is 2.49. The maximum Gasteiger partial charge on any atom is 0.371 e. The summed E-state index contributed by atoms with van der Waals surface area (Å²) in [5, 5.41) is 15.2. The number of aromatic nitrogens is 1. The lowest BCUT2D eigenvalue weighted by atomic mass is 10.1. The molecule has 0 saturated heterocycles. The zero-order valence-corrected chi connectivity index (χ0v) is 17.8. The van der Waals surface area contributed by atoms with E-state index in [4.69, 9.17) is 27.7 Å². The van der Waals surface area contributed by atoms with Gasteiger partial charge in [0.25, 0.3) is 5.04 Å². The van der Waals surface area contributed by atoms with Gasteiger partial charge in [0.05, 0.1) is 15.5 Å². The Kier molecular flexibility index (Phi) is 6.40. The van der Waals surface area contributed by atoms with Crippen LogP contribution in [0.15, 0.2) is 57.0 Å². The number of benzene rings is 2. The topological polar surface area (TPSA) is 123 Å². The predicted octanol–water partition coefficient (Wildman–Crippen LogP) is 4.56. The Morgan fingerprint density at radius 1 is 1.23 bits per heavy atom. The first-order chi connectivity index (χ1) is 14.7. The minimum atomic E-state index is -4.39. The first-order valence-corrected chi connectivity index (χ1v) is 10.5. The molecule has 31 heavy (non-hydrogen) atoms. The summed E-state index contributed by atoms with van der Waals surface area (Å²) in [6.07, 6.45) is 0. The van der Waals surface area contributed by atoms with Crippen LogP contribution in [0.5, 0.6) is 0 Å². The molecule has 0 bridgehead atoms. The Labute approximate surface area is 185 Å². The zero-order valence-electron chi connectivity index (χ0n) is 15.5. The van der Waals surface area contributed by atoms with E-state index in [9.17, 15) is 22.9 Å². The molecule has 2 aromatic carbocycles. The summed E-state index contributed by atoms with van der Waals surface area (Å²) >= 11 is 11.7. The second-order valence-corrected chi connectivity index (χ2v) is 8.61. The van der Waals surface area contributed by atoms with Crippen molar-refractivity contribution in [2.24, 2.45) is 5.16 Å². The van der Waals surface area contributed by atoms with Crippen LogP contribution in [0.2, 0.25) is 10.0 Å². The van der Waals surface area contributed by atoms with E-state index in [2.05, 4.69) is 15.1 Å². The molecular formula is C19H10Cl2FN3O5S. The van der Waals surface area contributed by atoms with Crippen LogP contribution in [0.1, 0.15) is 16.1 Å². The third-order valence-electron chi connectivity index (χ3n) is 3.95. The molecule has 0 amide bonds. The number of halogens is 3. The number of sulfone groups is 1. The van der Waals surface area contributed by atoms with Crippen molar-refractivity contribution < 1.29 is 27.0 Å². The summed E-state index contributed by atoms with van der Waals surface area (Å²) in [5.74, 6) is -2.07. The number of carbonyl (C=O) groups is 1. The number of nitriles is 1. The van der Waals surface area contributed by atoms with Crippen LogP contribution in [0.3, 0.4) is 0 Å². The summed E-state index contributed by atoms with van der Waals surface area (Å²) in [6.45, 7) is 1.35. The number of hydrogen-bond donors (Lipinski definition) is 0. The Bertz CT molecular complexity index is 1330. The van der Waals surface area contributed by atoms with Gasteiger partial charge in [-0.25, -0.2) is 17.6 Å². The first-order valence-electron chi connectivity index (χ1n) is 8.27. The first kappa shape index (κ1) is 22.4. The van der Waals surface area contributed by atoms with Gasteiger partial charge in [0.2, 0.25) is 9.84 Å². The van der Waals surface area contributed by atoms with Crippen molar-refractivity contribution in [1.82, 2.24) is 5.16 Å². The van der Waals surface area contributed by atoms with Crippen molar-refractivity contribution in [2.75, 3.05) is 0 Å². The van der Waals surface area contributed by atoms with Gasteiger partial charge in [-0.1, -0.05) is 39.6 Å². The van der Waals surface area contributed by atoms with Gasteiger partial charge in [0.15, 0.2) is 0 Å². The molecule has 8 nitrogen and oxygen atoms in total. The molecule has 1 heterocycles. The molecule has 0 atom stereocenters. The summed E-state index contributed by atoms with van der Waals surface area (Å²) < 4.78 is 44.3. The highest BCUT2D eigenvalue weighted by atomic mass is 35.5. The van der Waals surface area contributed by atoms with Crippen LogP contribution in [0, 0.1) is 24.1 Å². The zero-order chi connectivity index (χ0) is 22.8. The van der Waals surface area contributed by atoms with Crippen LogP contribution in [0.4, 0.5) is 4.39 Å². The van der Waals surface area contributed by atoms with Gasteiger partial charge in [0, 0.05) is 5.02 Å². The van der Waals surface area contributed by atoms with Gasteiger partial charge < -0.3 is 9.36 Å². The number of carbonyl (C=O) groups excluding carboxylic acids is 1. The maximum absolute atomic E-state index is 14.3. The monoisotopic (exact) mass is 481 g/mol. The predicted molar refractivity (Wildman–Crippen MR) is 109 cm³/mol. The van der Waals surface area contributed by atoms with Crippen LogP contribution in [-0.2, 0) is 14.7 Å². The number of hydrogen-bond acceptors (Lipinski definition) is 8. The van der Waals surface area contributed by atoms with E-state index in [-0.39, 0.29) is 37.5 Å². The smallest absolute Gasteiger partial charge is 0.360 e. The molecule has 0 unspecified atom stereocenters. The molecule has 1 aromatic heterocycles. The molecule has 3 aromatic rings. The van der Waals surface area contributed by atoms with Crippen molar-refractivity contribution in [3.8, 4) is 17.3 Å². The van der Waals surface area contributed by atoms with Crippen molar-refractivity contribution in [3.63, 3.8) is 0 Å². The highest BCUT2D eigenvalue weighted by Gasteiger charge is 2.29. The maximum atomic E-state index is 14.3. The molecule has 0 radical (unpaired) electrons. The van der Waals surface area contributed by atoms with E-state index in [0.29, 0.717) is 0 Å². The fraction of sp³-hybridized carbons (Fsp3) is 0.0526. The molecule has 0 aliphatic rings. The molecule has 0 saturated carbocycles. The Hall–Kier alpha value is -3.26. The highest BCUT2D eigenvalue weighted by Crippen LogP contribution is 2.33. The lowest BCUT2D eigenvalue weighted by Gasteiger charge is -2.05. The Morgan fingerprint density at radius 3 is 2.52 bits per heavy atom. The van der Waals surface area contributed by atoms with Crippen molar-refractivity contribution >= 4 is 44.1 Å². The molecule has 0 spiro atoms. The van der Waals surface area contributed by atoms with Crippen molar-refractivity contribution in [3.05, 3.63) is 69.7 Å². The number of nitrogens with zero attached hydrogens (tertiary/aromatic N) is 3. The second-order valence-electron chi connectivity index (χ2n) is 5.90. The fourth-order valence-corrected chi connectivity index (χ4v) is 3.84. The van der Waals surface area contributed by atoms with Crippen molar-refractivity contribution in [1.29, 1.82) is 5.26 Å². The molecule has 0 fully saturated rings. The Morgan fingerprint density at radius 2 is 1.90 bits per heavy atom. The molecule has 158 valence electrons. The van der Waals surface area contributed by atoms with E-state index < -0.39 is 26.7 Å². The molecule has 3 rings (SSSR count). The molecule has 0 aliphatic heterocycles. The third kappa shape index (κ3) is 4.44. The SMILES string of the molecule is Cc1onc(-c2c(F)cccc2Cl)c1C(=O)ON=C(C#N)S(=O)(=O)c1ccc(Cl)cc1. The highest BCUT2D eigenvalue weighted by molar-refractivity contribution is 8.07. The largest absolute Gasteiger partial charge is 0.371 e. The molecule has 0 aliphatic carbocycles. The van der Waals surface area contributed by atoms with Gasteiger partial charge in [0.1, 0.15) is 28.9 Å². The van der Waals surface area contributed by atoms with E-state index in [1.165, 1.54) is 37.3 Å². The quantitative estimate of drug-likeness (QED) is 0.231. The van der Waals surface area contributed by atoms with Crippen LogP contribution >= 0.6 is 23.2 Å². The minimum Gasteiger partial charge on any atom is -0.360 e. The van der Waals surface area contributed by atoms with Crippen LogP contribution in [-0.4, -0.2) is 24.6 Å². The lowest BCUT2D eigenvalue weighted by Crippen LogP contribution is -2.15. The average molecular weight is 482 g/mol. The normalized spacial score (nSPS) is 11.8. The standard InChI is InChI=1S/C19H10Cl2FN3O5S/c1-10-16(18(25-29-10)17-13(21)3-2-4-14(17)22)19(26)30-24-15(9-23)31(27,28)12-7-5-11(20)6-8-12/h2-8H,1H3. The van der Waals surface area contributed by atoms with Crippen molar-refractivity contribution in [2.45, 2.75) is 11.8 Å². The van der Waals surface area contributed by atoms with Gasteiger partial charge >= 0.3 is 5.97 Å². The van der Waals surface area contributed by atoms with Gasteiger partial charge in [-0.15, -0.1) is 0 Å².